The fourth-order valence-corrected chi connectivity index (χ4v) is 3.67. The van der Waals surface area contributed by atoms with Gasteiger partial charge in [-0.1, -0.05) is 35.5 Å². The van der Waals surface area contributed by atoms with E-state index >= 15 is 0 Å². The van der Waals surface area contributed by atoms with Gasteiger partial charge in [0.25, 0.3) is 0 Å². The molecule has 3 N–H and O–H groups in total. The van der Waals surface area contributed by atoms with E-state index in [9.17, 15) is 0 Å². The van der Waals surface area contributed by atoms with Crippen LogP contribution in [-0.2, 0) is 0 Å². The molecular weight excluding hydrogens is 352 g/mol. The molecule has 0 saturated heterocycles. The van der Waals surface area contributed by atoms with E-state index in [0.717, 1.165) is 27.1 Å². The number of nitrogens with two attached hydrogens (primary N) is 1. The van der Waals surface area contributed by atoms with Crippen LogP contribution in [0.25, 0.3) is 17.0 Å². The molecule has 0 bridgehead atoms. The lowest BCUT2D eigenvalue weighted by molar-refractivity contribution is 1.08. The predicted octanol–water partition coefficient (Wildman–Crippen LogP) is 5.02. The predicted molar refractivity (Wildman–Crippen MR) is 109 cm³/mol. The van der Waals surface area contributed by atoms with E-state index in [1.807, 2.05) is 24.4 Å². The number of pyridine rings is 1. The van der Waals surface area contributed by atoms with Crippen molar-refractivity contribution in [2.24, 2.45) is 4.99 Å². The number of rotatable bonds is 3. The number of allylic oxidation sites excluding steroid dienone is 1. The fourth-order valence-electron chi connectivity index (χ4n) is 2.60. The second-order valence-corrected chi connectivity index (χ2v) is 7.20. The molecule has 2 heterocycles. The molecule has 2 aromatic carbocycles. The highest BCUT2D eigenvalue weighted by Crippen LogP contribution is 2.33. The van der Waals surface area contributed by atoms with Crippen LogP contribution in [0, 0.1) is 0 Å². The minimum atomic E-state index is -0.118. The molecule has 124 valence electrons. The van der Waals surface area contributed by atoms with Gasteiger partial charge in [0.2, 0.25) is 0 Å². The first-order valence-corrected chi connectivity index (χ1v) is 9.01. The number of benzene rings is 2. The van der Waals surface area contributed by atoms with Crippen molar-refractivity contribution in [3.8, 4) is 0 Å². The average molecular weight is 367 g/mol. The summed E-state index contributed by atoms with van der Waals surface area (Å²) in [7, 11) is 0. The molecule has 0 spiro atoms. The van der Waals surface area contributed by atoms with E-state index in [2.05, 4.69) is 39.6 Å². The summed E-state index contributed by atoms with van der Waals surface area (Å²) < 4.78 is 0. The minimum absolute atomic E-state index is 0.118. The lowest BCUT2D eigenvalue weighted by atomic mass is 10.1. The number of nitrogen functional groups attached to an aromatic ring is 1. The highest BCUT2D eigenvalue weighted by molar-refractivity contribution is 8.05. The molecule has 3 aromatic rings. The first kappa shape index (κ1) is 16.0. The molecule has 1 atom stereocenters. The number of fused-ring (bicyclic) bond motifs is 1. The number of aliphatic imine (C=N–C) groups is 1. The molecule has 6 heteroatoms. The number of hydrogen-bond acceptors (Lipinski definition) is 5. The Morgan fingerprint density at radius 1 is 1.16 bits per heavy atom. The second kappa shape index (κ2) is 6.78. The number of hydrogen-bond donors (Lipinski definition) is 2. The first-order valence-electron chi connectivity index (χ1n) is 7.75. The monoisotopic (exact) mass is 366 g/mol. The van der Waals surface area contributed by atoms with E-state index in [-0.39, 0.29) is 5.50 Å². The zero-order valence-electron chi connectivity index (χ0n) is 13.2. The molecule has 1 unspecified atom stereocenters. The van der Waals surface area contributed by atoms with Crippen LogP contribution >= 0.6 is 23.4 Å². The van der Waals surface area contributed by atoms with Gasteiger partial charge < -0.3 is 11.1 Å². The van der Waals surface area contributed by atoms with E-state index in [4.69, 9.17) is 17.3 Å². The maximum atomic E-state index is 6.20. The summed E-state index contributed by atoms with van der Waals surface area (Å²) in [6, 6.07) is 15.6. The van der Waals surface area contributed by atoms with Crippen molar-refractivity contribution in [1.82, 2.24) is 4.98 Å². The van der Waals surface area contributed by atoms with Crippen LogP contribution in [0.3, 0.4) is 0 Å². The van der Waals surface area contributed by atoms with Gasteiger partial charge in [-0.15, -0.1) is 0 Å². The van der Waals surface area contributed by atoms with Crippen LogP contribution in [0.2, 0.25) is 5.02 Å². The van der Waals surface area contributed by atoms with Gasteiger partial charge in [-0.2, -0.15) is 0 Å². The third-order valence-electron chi connectivity index (χ3n) is 3.79. The summed E-state index contributed by atoms with van der Waals surface area (Å²) in [6.07, 6.45) is 5.79. The van der Waals surface area contributed by atoms with E-state index < -0.39 is 0 Å². The smallest absolute Gasteiger partial charge is 0.171 e. The summed E-state index contributed by atoms with van der Waals surface area (Å²) in [6.45, 7) is 0. The van der Waals surface area contributed by atoms with Crippen molar-refractivity contribution in [1.29, 1.82) is 0 Å². The van der Waals surface area contributed by atoms with Gasteiger partial charge >= 0.3 is 0 Å². The number of aromatic nitrogens is 1. The molecule has 1 aliphatic heterocycles. The molecule has 1 aliphatic rings. The van der Waals surface area contributed by atoms with Crippen molar-refractivity contribution >= 4 is 57.9 Å². The van der Waals surface area contributed by atoms with Crippen molar-refractivity contribution in [2.75, 3.05) is 11.1 Å². The van der Waals surface area contributed by atoms with Gasteiger partial charge in [-0.3, -0.25) is 9.98 Å². The van der Waals surface area contributed by atoms with Gasteiger partial charge in [-0.25, -0.2) is 0 Å². The number of halogens is 1. The number of nitrogens with zero attached hydrogens (tertiary/aromatic N) is 2. The molecule has 0 saturated carbocycles. The summed E-state index contributed by atoms with van der Waals surface area (Å²) in [4.78, 5) is 9.92. The number of nitrogens with one attached hydrogen (secondary N) is 1. The fraction of sp³-hybridized carbons (Fsp3) is 0.0526. The van der Waals surface area contributed by atoms with Crippen molar-refractivity contribution in [2.45, 2.75) is 5.50 Å². The topological polar surface area (TPSA) is 63.3 Å². The Morgan fingerprint density at radius 3 is 3.00 bits per heavy atom. The highest BCUT2D eigenvalue weighted by Gasteiger charge is 2.16. The quantitative estimate of drug-likeness (QED) is 0.638. The molecule has 0 radical (unpaired) electrons. The molecule has 25 heavy (non-hydrogen) atoms. The zero-order valence-corrected chi connectivity index (χ0v) is 14.8. The van der Waals surface area contributed by atoms with Crippen molar-refractivity contribution in [3.63, 3.8) is 0 Å². The van der Waals surface area contributed by atoms with Crippen molar-refractivity contribution < 1.29 is 0 Å². The van der Waals surface area contributed by atoms with Crippen LogP contribution in [0.1, 0.15) is 5.56 Å². The molecule has 0 aliphatic carbocycles. The Bertz CT molecular complexity index is 1000. The molecule has 0 fully saturated rings. The number of anilines is 2. The van der Waals surface area contributed by atoms with Gasteiger partial charge in [0.05, 0.1) is 16.2 Å². The largest absolute Gasteiger partial charge is 0.399 e. The Balaban J connectivity index is 1.50. The number of thioether (sulfide) groups is 1. The maximum Gasteiger partial charge on any atom is 0.171 e. The summed E-state index contributed by atoms with van der Waals surface area (Å²) in [5.41, 5.74) is 9.27. The first-order chi connectivity index (χ1) is 12.2. The molecule has 4 nitrogen and oxygen atoms in total. The SMILES string of the molecule is Nc1ccc(Cl)c(NC2N=C/C(=C/c3ccc4ncccc4c3)S2)c1. The average Bonchev–Trinajstić information content (AvgIpc) is 3.05. The molecule has 1 aromatic heterocycles. The van der Waals surface area contributed by atoms with Crippen LogP contribution in [0.4, 0.5) is 11.4 Å². The van der Waals surface area contributed by atoms with E-state index in [1.165, 1.54) is 0 Å². The normalized spacial score (nSPS) is 18.1. The Kier molecular flexibility index (Phi) is 4.34. The van der Waals surface area contributed by atoms with Crippen molar-refractivity contribution in [3.05, 3.63) is 70.2 Å². The standard InChI is InChI=1S/C19H15ClN4S/c20-16-5-4-14(21)10-18(16)24-19-23-11-15(25-19)9-12-3-6-17-13(8-12)2-1-7-22-17/h1-11,19,24H,21H2/b15-9-. The summed E-state index contributed by atoms with van der Waals surface area (Å²) in [5, 5.41) is 5.05. The lowest BCUT2D eigenvalue weighted by Crippen LogP contribution is -2.10. The van der Waals surface area contributed by atoms with Gasteiger partial charge in [0.1, 0.15) is 0 Å². The molecular formula is C19H15ClN4S. The Hall–Kier alpha value is -2.50. The second-order valence-electron chi connectivity index (χ2n) is 5.63. The Labute approximate surface area is 154 Å². The zero-order chi connectivity index (χ0) is 17.2. The third-order valence-corrected chi connectivity index (χ3v) is 5.08. The molecule has 4 rings (SSSR count). The lowest BCUT2D eigenvalue weighted by Gasteiger charge is -2.12. The minimum Gasteiger partial charge on any atom is -0.399 e. The van der Waals surface area contributed by atoms with Crippen LogP contribution in [0.15, 0.2) is 64.6 Å². The summed E-state index contributed by atoms with van der Waals surface area (Å²) in [5.74, 6) is 0. The summed E-state index contributed by atoms with van der Waals surface area (Å²) >= 11 is 7.83. The van der Waals surface area contributed by atoms with Crippen LogP contribution < -0.4 is 11.1 Å². The van der Waals surface area contributed by atoms with Gasteiger partial charge in [-0.05, 0) is 48.0 Å². The third kappa shape index (κ3) is 3.62. The van der Waals surface area contributed by atoms with Crippen LogP contribution in [-0.4, -0.2) is 16.7 Å². The van der Waals surface area contributed by atoms with Gasteiger partial charge in [0, 0.05) is 28.4 Å². The maximum absolute atomic E-state index is 6.20. The van der Waals surface area contributed by atoms with E-state index in [1.54, 1.807) is 30.1 Å². The molecule has 0 amide bonds. The highest BCUT2D eigenvalue weighted by atomic mass is 35.5. The Morgan fingerprint density at radius 2 is 2.08 bits per heavy atom. The van der Waals surface area contributed by atoms with E-state index in [0.29, 0.717) is 10.7 Å². The van der Waals surface area contributed by atoms with Crippen LogP contribution in [0.5, 0.6) is 0 Å². The van der Waals surface area contributed by atoms with Gasteiger partial charge in [0.15, 0.2) is 5.50 Å².